The molecule has 1 nitrogen and oxygen atoms in total. The molecule has 0 amide bonds. The Morgan fingerprint density at radius 3 is 2.29 bits per heavy atom. The summed E-state index contributed by atoms with van der Waals surface area (Å²) in [5.41, 5.74) is 0.0311. The lowest BCUT2D eigenvalue weighted by molar-refractivity contribution is -0.0705. The van der Waals surface area contributed by atoms with Crippen LogP contribution in [0.15, 0.2) is 0 Å². The number of nitrogens with zero attached hydrogens (tertiary/aromatic N) is 1. The first-order chi connectivity index (χ1) is 11.7. The molecule has 8 atom stereocenters. The predicted molar refractivity (Wildman–Crippen MR) is 99.2 cm³/mol. The number of hydrogen-bond donors (Lipinski definition) is 0. The van der Waals surface area contributed by atoms with Crippen LogP contribution in [0.5, 0.6) is 0 Å². The van der Waals surface area contributed by atoms with E-state index in [0.29, 0.717) is 0 Å². The minimum atomic E-state index is 0.0311. The second-order valence-electron chi connectivity index (χ2n) is 9.82. The van der Waals surface area contributed by atoms with Crippen molar-refractivity contribution in [2.75, 3.05) is 0 Å². The lowest BCUT2D eigenvalue weighted by Crippen LogP contribution is -2.49. The van der Waals surface area contributed by atoms with Crippen molar-refractivity contribution in [2.45, 2.75) is 90.9 Å². The van der Waals surface area contributed by atoms with E-state index in [4.69, 9.17) is 0 Å². The van der Waals surface area contributed by atoms with Gasteiger partial charge in [0.2, 0.25) is 0 Å². The molecule has 0 N–H and O–H groups in total. The summed E-state index contributed by atoms with van der Waals surface area (Å²) in [6.07, 6.45) is 16.8. The van der Waals surface area contributed by atoms with Crippen LogP contribution >= 0.6 is 0 Å². The molecule has 24 heavy (non-hydrogen) atoms. The van der Waals surface area contributed by atoms with Gasteiger partial charge < -0.3 is 0 Å². The van der Waals surface area contributed by atoms with Gasteiger partial charge in [-0.15, -0.1) is 0 Å². The van der Waals surface area contributed by atoms with Crippen LogP contribution in [0.1, 0.15) is 90.9 Å². The van der Waals surface area contributed by atoms with Gasteiger partial charge in [-0.05, 0) is 99.2 Å². The van der Waals surface area contributed by atoms with Crippen LogP contribution in [-0.2, 0) is 0 Å². The van der Waals surface area contributed by atoms with E-state index in [1.165, 1.54) is 70.6 Å². The fourth-order valence-corrected chi connectivity index (χ4v) is 7.98. The Hall–Kier alpha value is -0.510. The maximum absolute atomic E-state index is 9.72. The molecule has 4 saturated carbocycles. The van der Waals surface area contributed by atoms with Crippen LogP contribution in [0.4, 0.5) is 0 Å². The van der Waals surface area contributed by atoms with Gasteiger partial charge in [0.1, 0.15) is 0 Å². The molecule has 4 rings (SSSR count). The van der Waals surface area contributed by atoms with Crippen molar-refractivity contribution in [3.63, 3.8) is 0 Å². The second-order valence-corrected chi connectivity index (χ2v) is 9.82. The van der Waals surface area contributed by atoms with Gasteiger partial charge in [0.15, 0.2) is 0 Å². The van der Waals surface area contributed by atoms with E-state index < -0.39 is 0 Å². The Labute approximate surface area is 149 Å². The Morgan fingerprint density at radius 1 is 0.833 bits per heavy atom. The molecule has 0 aliphatic heterocycles. The fourth-order valence-electron chi connectivity index (χ4n) is 7.98. The monoisotopic (exact) mass is 327 g/mol. The second kappa shape index (κ2) is 6.66. The summed E-state index contributed by atoms with van der Waals surface area (Å²) in [6, 6.07) is 2.73. The molecule has 0 heterocycles. The molecule has 0 aromatic carbocycles. The van der Waals surface area contributed by atoms with Gasteiger partial charge in [0.05, 0.1) is 11.5 Å². The first kappa shape index (κ1) is 16.9. The number of rotatable bonds is 2. The van der Waals surface area contributed by atoms with E-state index in [-0.39, 0.29) is 5.41 Å². The lowest BCUT2D eigenvalue weighted by atomic mass is 9.48. The minimum Gasteiger partial charge on any atom is -0.198 e. The van der Waals surface area contributed by atoms with Crippen molar-refractivity contribution in [3.8, 4) is 6.07 Å². The van der Waals surface area contributed by atoms with Gasteiger partial charge in [-0.1, -0.05) is 33.1 Å². The zero-order valence-electron chi connectivity index (χ0n) is 16.0. The molecule has 0 radical (unpaired) electrons. The summed E-state index contributed by atoms with van der Waals surface area (Å²) in [5.74, 6) is 7.10. The molecular formula is C23H37N. The van der Waals surface area contributed by atoms with Crippen molar-refractivity contribution < 1.29 is 0 Å². The fraction of sp³-hybridized carbons (Fsp3) is 0.957. The SMILES string of the molecule is CC[C@H]1CCCC2C3CCC4C[C@](C#N)(CC)CCC4C3CCC21. The van der Waals surface area contributed by atoms with Crippen molar-refractivity contribution in [1.82, 2.24) is 0 Å². The van der Waals surface area contributed by atoms with Gasteiger partial charge in [-0.2, -0.15) is 5.26 Å². The normalized spacial score (nSPS) is 51.0. The van der Waals surface area contributed by atoms with E-state index in [9.17, 15) is 5.26 Å². The highest BCUT2D eigenvalue weighted by Crippen LogP contribution is 2.60. The largest absolute Gasteiger partial charge is 0.198 e. The molecule has 0 aromatic rings. The van der Waals surface area contributed by atoms with Crippen molar-refractivity contribution >= 4 is 0 Å². The number of nitriles is 1. The number of fused-ring (bicyclic) bond motifs is 5. The van der Waals surface area contributed by atoms with E-state index >= 15 is 0 Å². The summed E-state index contributed by atoms with van der Waals surface area (Å²) in [7, 11) is 0. The highest BCUT2D eigenvalue weighted by atomic mass is 14.6. The van der Waals surface area contributed by atoms with Crippen LogP contribution in [0, 0.1) is 58.2 Å². The maximum atomic E-state index is 9.72. The van der Waals surface area contributed by atoms with Crippen molar-refractivity contribution in [2.24, 2.45) is 46.8 Å². The van der Waals surface area contributed by atoms with Crippen LogP contribution in [0.3, 0.4) is 0 Å². The average Bonchev–Trinajstić information content (AvgIpc) is 2.66. The van der Waals surface area contributed by atoms with E-state index in [1.807, 2.05) is 0 Å². The average molecular weight is 328 g/mol. The Balaban J connectivity index is 1.50. The molecular weight excluding hydrogens is 290 g/mol. The number of hydrogen-bond acceptors (Lipinski definition) is 1. The summed E-state index contributed by atoms with van der Waals surface area (Å²) in [6.45, 7) is 4.68. The minimum absolute atomic E-state index is 0.0311. The van der Waals surface area contributed by atoms with Crippen molar-refractivity contribution in [1.29, 1.82) is 5.26 Å². The van der Waals surface area contributed by atoms with Gasteiger partial charge in [0, 0.05) is 0 Å². The molecule has 4 aliphatic carbocycles. The van der Waals surface area contributed by atoms with E-state index in [2.05, 4.69) is 19.9 Å². The van der Waals surface area contributed by atoms with E-state index in [1.54, 1.807) is 0 Å². The third kappa shape index (κ3) is 2.64. The zero-order chi connectivity index (χ0) is 16.7. The molecule has 1 heteroatoms. The van der Waals surface area contributed by atoms with Gasteiger partial charge in [0.25, 0.3) is 0 Å². The third-order valence-corrected chi connectivity index (χ3v) is 9.27. The molecule has 6 unspecified atom stereocenters. The molecule has 0 aromatic heterocycles. The highest BCUT2D eigenvalue weighted by molar-refractivity contribution is 5.07. The summed E-state index contributed by atoms with van der Waals surface area (Å²) >= 11 is 0. The van der Waals surface area contributed by atoms with Gasteiger partial charge in [-0.3, -0.25) is 0 Å². The predicted octanol–water partition coefficient (Wildman–Crippen LogP) is 6.59. The van der Waals surface area contributed by atoms with Crippen molar-refractivity contribution in [3.05, 3.63) is 0 Å². The topological polar surface area (TPSA) is 23.8 Å². The summed E-state index contributed by atoms with van der Waals surface area (Å²) < 4.78 is 0. The Morgan fingerprint density at radius 2 is 1.54 bits per heavy atom. The molecule has 0 bridgehead atoms. The summed E-state index contributed by atoms with van der Waals surface area (Å²) in [5, 5.41) is 9.72. The van der Waals surface area contributed by atoms with E-state index in [0.717, 1.165) is 47.8 Å². The van der Waals surface area contributed by atoms with Crippen LogP contribution < -0.4 is 0 Å². The van der Waals surface area contributed by atoms with Gasteiger partial charge >= 0.3 is 0 Å². The molecule has 4 fully saturated rings. The Kier molecular flexibility index (Phi) is 4.70. The standard InChI is InChI=1S/C23H37N/c1-3-16-6-5-7-20-18(16)10-11-21-19-12-13-23(4-2,15-24)14-17(19)8-9-22(20)21/h16-22H,3-14H2,1-2H3/t16-,17?,18?,19?,20?,21?,22?,23-/m0/s1. The molecule has 0 saturated heterocycles. The Bertz CT molecular complexity index is 491. The smallest absolute Gasteiger partial charge is 0.0689 e. The molecule has 4 aliphatic rings. The first-order valence-electron chi connectivity index (χ1n) is 11.1. The van der Waals surface area contributed by atoms with Gasteiger partial charge in [-0.25, -0.2) is 0 Å². The van der Waals surface area contributed by atoms with Crippen LogP contribution in [-0.4, -0.2) is 0 Å². The molecule has 0 spiro atoms. The third-order valence-electron chi connectivity index (χ3n) is 9.27. The first-order valence-corrected chi connectivity index (χ1v) is 11.1. The van der Waals surface area contributed by atoms with Crippen LogP contribution in [0.2, 0.25) is 0 Å². The maximum Gasteiger partial charge on any atom is 0.0689 e. The van der Waals surface area contributed by atoms with Crippen LogP contribution in [0.25, 0.3) is 0 Å². The summed E-state index contributed by atoms with van der Waals surface area (Å²) in [4.78, 5) is 0. The lowest BCUT2D eigenvalue weighted by Gasteiger charge is -2.57. The highest BCUT2D eigenvalue weighted by Gasteiger charge is 2.52. The quantitative estimate of drug-likeness (QED) is 0.561. The zero-order valence-corrected chi connectivity index (χ0v) is 16.0. The molecule has 134 valence electrons.